The van der Waals surface area contributed by atoms with Crippen LogP contribution in [0.2, 0.25) is 0 Å². The Hall–Kier alpha value is -7.32. The van der Waals surface area contributed by atoms with E-state index in [0.717, 1.165) is 101 Å². The van der Waals surface area contributed by atoms with Gasteiger partial charge in [-0.05, 0) is 146 Å². The number of pyridine rings is 2. The van der Waals surface area contributed by atoms with Crippen LogP contribution >= 0.6 is 0 Å². The Labute approximate surface area is 337 Å². The van der Waals surface area contributed by atoms with Gasteiger partial charge in [0.1, 0.15) is 11.5 Å². The molecular formula is C50H42N4O4. The Bertz CT molecular complexity index is 2690. The van der Waals surface area contributed by atoms with Gasteiger partial charge in [-0.3, -0.25) is 9.59 Å². The van der Waals surface area contributed by atoms with E-state index >= 15 is 0 Å². The summed E-state index contributed by atoms with van der Waals surface area (Å²) >= 11 is 0. The third-order valence-electron chi connectivity index (χ3n) is 10.7. The first-order valence-electron chi connectivity index (χ1n) is 19.1. The second-order valence-electron chi connectivity index (χ2n) is 14.4. The number of nitrogens with one attached hydrogen (secondary N) is 2. The van der Waals surface area contributed by atoms with Crippen LogP contribution in [0.25, 0.3) is 55.4 Å². The molecule has 0 spiro atoms. The van der Waals surface area contributed by atoms with E-state index in [9.17, 15) is 9.59 Å². The first-order valence-corrected chi connectivity index (χ1v) is 19.1. The molecule has 8 nitrogen and oxygen atoms in total. The number of aryl methyl sites for hydroxylation is 2. The van der Waals surface area contributed by atoms with Gasteiger partial charge in [-0.25, -0.2) is 9.97 Å². The van der Waals surface area contributed by atoms with E-state index in [1.54, 1.807) is 14.2 Å². The van der Waals surface area contributed by atoms with E-state index in [1.165, 1.54) is 0 Å². The number of hydrogen-bond donors (Lipinski definition) is 2. The van der Waals surface area contributed by atoms with E-state index in [2.05, 4.69) is 22.8 Å². The van der Waals surface area contributed by atoms with Crippen LogP contribution < -0.4 is 20.1 Å². The molecule has 2 N–H and O–H groups in total. The molecule has 0 radical (unpaired) electrons. The quantitative estimate of drug-likeness (QED) is 0.152. The van der Waals surface area contributed by atoms with Crippen LogP contribution in [0.4, 0.5) is 11.4 Å². The minimum atomic E-state index is -0.203. The lowest BCUT2D eigenvalue weighted by Gasteiger charge is -2.17. The molecule has 8 heteroatoms. The van der Waals surface area contributed by atoms with Crippen LogP contribution in [0.15, 0.2) is 133 Å². The van der Waals surface area contributed by atoms with Crippen molar-refractivity contribution in [3.63, 3.8) is 0 Å². The van der Waals surface area contributed by atoms with E-state index < -0.39 is 0 Å². The van der Waals surface area contributed by atoms with Crippen molar-refractivity contribution in [2.45, 2.75) is 27.7 Å². The fraction of sp³-hybridized carbons (Fsp3) is 0.120. The summed E-state index contributed by atoms with van der Waals surface area (Å²) in [5.41, 5.74) is 12.8. The molecule has 0 bridgehead atoms. The molecule has 0 atom stereocenters. The predicted octanol–water partition coefficient (Wildman–Crippen LogP) is 11.5. The van der Waals surface area contributed by atoms with E-state index in [4.69, 9.17) is 19.4 Å². The highest BCUT2D eigenvalue weighted by molar-refractivity contribution is 6.16. The maximum Gasteiger partial charge on any atom is 0.256 e. The molecule has 0 saturated heterocycles. The third kappa shape index (κ3) is 7.12. The number of carbonyl (C=O) groups is 2. The predicted molar refractivity (Wildman–Crippen MR) is 234 cm³/mol. The van der Waals surface area contributed by atoms with Crippen molar-refractivity contribution in [3.8, 4) is 45.1 Å². The Morgan fingerprint density at radius 3 is 1.19 bits per heavy atom. The second kappa shape index (κ2) is 15.7. The van der Waals surface area contributed by atoms with Crippen molar-refractivity contribution in [2.75, 3.05) is 24.9 Å². The van der Waals surface area contributed by atoms with Crippen molar-refractivity contribution < 1.29 is 19.1 Å². The standard InChI is InChI=1S/C50H42N4O4/c1-29-27-35(19-25-41(29)53-49(55)45-31(3)47(33-15-21-37(57-5)22-16-33)51-43-13-9-7-11-39(43)45)36-20-26-42(30(2)28-36)54-50(56)46-32(4)48(34-17-23-38(58-6)24-18-34)52-44-14-10-8-12-40(44)46/h7-28H,1-6H3,(H,53,55)(H,54,56). The van der Waals surface area contributed by atoms with Crippen molar-refractivity contribution in [1.82, 2.24) is 9.97 Å². The molecular weight excluding hydrogens is 721 g/mol. The highest BCUT2D eigenvalue weighted by Gasteiger charge is 2.22. The Balaban J connectivity index is 1.05. The van der Waals surface area contributed by atoms with Gasteiger partial charge in [0, 0.05) is 33.3 Å². The number of nitrogens with zero attached hydrogens (tertiary/aromatic N) is 2. The number of hydrogen-bond acceptors (Lipinski definition) is 6. The average molecular weight is 763 g/mol. The SMILES string of the molecule is COc1ccc(-c2nc3ccccc3c(C(=O)Nc3ccc(-c4ccc(NC(=O)c5c(C)c(-c6ccc(OC)cc6)nc6ccccc56)c(C)c4)cc3C)c2C)cc1. The number of aromatic nitrogens is 2. The lowest BCUT2D eigenvalue weighted by Crippen LogP contribution is -2.16. The molecule has 286 valence electrons. The smallest absolute Gasteiger partial charge is 0.256 e. The average Bonchev–Trinajstić information content (AvgIpc) is 3.24. The fourth-order valence-electron chi connectivity index (χ4n) is 7.60. The number of amides is 2. The van der Waals surface area contributed by atoms with E-state index in [1.807, 2.05) is 149 Å². The van der Waals surface area contributed by atoms with Gasteiger partial charge in [-0.15, -0.1) is 0 Å². The summed E-state index contributed by atoms with van der Waals surface area (Å²) in [6.45, 7) is 7.86. The van der Waals surface area contributed by atoms with Gasteiger partial charge in [0.25, 0.3) is 11.8 Å². The normalized spacial score (nSPS) is 11.1. The molecule has 0 unspecified atom stereocenters. The number of fused-ring (bicyclic) bond motifs is 2. The molecule has 0 aliphatic rings. The molecule has 0 fully saturated rings. The Morgan fingerprint density at radius 2 is 0.828 bits per heavy atom. The maximum absolute atomic E-state index is 14.1. The molecule has 8 rings (SSSR count). The summed E-state index contributed by atoms with van der Waals surface area (Å²) in [7, 11) is 3.27. The van der Waals surface area contributed by atoms with Crippen molar-refractivity contribution in [2.24, 2.45) is 0 Å². The zero-order valence-electron chi connectivity index (χ0n) is 33.2. The minimum Gasteiger partial charge on any atom is -0.497 e. The molecule has 6 aromatic carbocycles. The van der Waals surface area contributed by atoms with E-state index in [0.29, 0.717) is 11.1 Å². The zero-order valence-corrected chi connectivity index (χ0v) is 33.2. The maximum atomic E-state index is 14.1. The van der Waals surface area contributed by atoms with Gasteiger partial charge >= 0.3 is 0 Å². The van der Waals surface area contributed by atoms with Crippen LogP contribution in [0.1, 0.15) is 43.0 Å². The van der Waals surface area contributed by atoms with Crippen molar-refractivity contribution >= 4 is 45.0 Å². The lowest BCUT2D eigenvalue weighted by atomic mass is 9.96. The first kappa shape index (κ1) is 37.6. The number of ether oxygens (including phenoxy) is 2. The van der Waals surface area contributed by atoms with Crippen molar-refractivity contribution in [3.05, 3.63) is 167 Å². The Kier molecular flexibility index (Phi) is 10.2. The summed E-state index contributed by atoms with van der Waals surface area (Å²) in [6, 6.07) is 42.9. The lowest BCUT2D eigenvalue weighted by molar-refractivity contribution is 0.101. The van der Waals surface area contributed by atoms with Gasteiger partial charge in [0.15, 0.2) is 0 Å². The van der Waals surface area contributed by atoms with Crippen LogP contribution in [0.5, 0.6) is 11.5 Å². The second-order valence-corrected chi connectivity index (χ2v) is 14.4. The van der Waals surface area contributed by atoms with Gasteiger partial charge in [0.2, 0.25) is 0 Å². The monoisotopic (exact) mass is 762 g/mol. The number of anilines is 2. The van der Waals surface area contributed by atoms with Gasteiger partial charge < -0.3 is 20.1 Å². The number of benzene rings is 6. The number of methoxy groups -OCH3 is 2. The minimum absolute atomic E-state index is 0.203. The molecule has 58 heavy (non-hydrogen) atoms. The molecule has 2 heterocycles. The summed E-state index contributed by atoms with van der Waals surface area (Å²) in [6.07, 6.45) is 0. The van der Waals surface area contributed by atoms with Crippen molar-refractivity contribution in [1.29, 1.82) is 0 Å². The van der Waals surface area contributed by atoms with Gasteiger partial charge in [-0.1, -0.05) is 48.5 Å². The van der Waals surface area contributed by atoms with Crippen LogP contribution in [-0.2, 0) is 0 Å². The van der Waals surface area contributed by atoms with Gasteiger partial charge in [-0.2, -0.15) is 0 Å². The molecule has 0 aliphatic heterocycles. The first-order chi connectivity index (χ1) is 28.1. The van der Waals surface area contributed by atoms with Crippen LogP contribution in [-0.4, -0.2) is 36.0 Å². The molecule has 8 aromatic rings. The summed E-state index contributed by atoms with van der Waals surface area (Å²) in [5, 5.41) is 7.95. The summed E-state index contributed by atoms with van der Waals surface area (Å²) in [4.78, 5) is 38.1. The summed E-state index contributed by atoms with van der Waals surface area (Å²) in [5.74, 6) is 1.10. The highest BCUT2D eigenvalue weighted by Crippen LogP contribution is 2.35. The highest BCUT2D eigenvalue weighted by atomic mass is 16.5. The number of carbonyl (C=O) groups excluding carboxylic acids is 2. The van der Waals surface area contributed by atoms with Crippen LogP contribution in [0, 0.1) is 27.7 Å². The largest absolute Gasteiger partial charge is 0.497 e. The number of para-hydroxylation sites is 2. The Morgan fingerprint density at radius 1 is 0.466 bits per heavy atom. The molecule has 2 aromatic heterocycles. The zero-order chi connectivity index (χ0) is 40.5. The number of rotatable bonds is 9. The molecule has 0 aliphatic carbocycles. The molecule has 0 saturated carbocycles. The van der Waals surface area contributed by atoms with E-state index in [-0.39, 0.29) is 11.8 Å². The fourth-order valence-corrected chi connectivity index (χ4v) is 7.60. The summed E-state index contributed by atoms with van der Waals surface area (Å²) < 4.78 is 10.7. The third-order valence-corrected chi connectivity index (χ3v) is 10.7. The van der Waals surface area contributed by atoms with Gasteiger partial charge in [0.05, 0.1) is 47.8 Å². The topological polar surface area (TPSA) is 102 Å². The van der Waals surface area contributed by atoms with Crippen LogP contribution in [0.3, 0.4) is 0 Å². The molecule has 2 amide bonds.